The topological polar surface area (TPSA) is 187 Å². The molecule has 0 aliphatic heterocycles. The average Bonchev–Trinajstić information content (AvgIpc) is 2.53. The number of aliphatic hydroxyl groups is 1. The fourth-order valence-corrected chi connectivity index (χ4v) is 2.26. The lowest BCUT2D eigenvalue weighted by Gasteiger charge is -2.21. The van der Waals surface area contributed by atoms with Gasteiger partial charge in [0, 0.05) is 19.2 Å². The molecule has 6 N–H and O–H groups in total. The molecule has 0 aromatic carbocycles. The van der Waals surface area contributed by atoms with Gasteiger partial charge in [-0.1, -0.05) is 11.8 Å². The highest BCUT2D eigenvalue weighted by Crippen LogP contribution is 2.10. The molecule has 12 heteroatoms. The lowest BCUT2D eigenvalue weighted by Crippen LogP contribution is -2.50. The molecule has 3 amide bonds. The van der Waals surface area contributed by atoms with E-state index in [-0.39, 0.29) is 18.6 Å². The number of aliphatic carboxylic acids is 1. The maximum Gasteiger partial charge on any atom is 0.413 e. The number of carbonyl (C=O) groups is 5. The predicted octanol–water partition coefficient (Wildman–Crippen LogP) is -1.56. The second-order valence-electron chi connectivity index (χ2n) is 5.09. The highest BCUT2D eigenvalue weighted by atomic mass is 32.2. The molecule has 25 heavy (non-hydrogen) atoms. The molecule has 0 saturated heterocycles. The van der Waals surface area contributed by atoms with Crippen molar-refractivity contribution in [2.45, 2.75) is 38.0 Å². The van der Waals surface area contributed by atoms with Crippen LogP contribution in [0.25, 0.3) is 0 Å². The zero-order chi connectivity index (χ0) is 19.7. The van der Waals surface area contributed by atoms with Crippen molar-refractivity contribution in [3.63, 3.8) is 0 Å². The summed E-state index contributed by atoms with van der Waals surface area (Å²) in [4.78, 5) is 57.1. The van der Waals surface area contributed by atoms with Gasteiger partial charge in [0.2, 0.25) is 11.0 Å². The summed E-state index contributed by atoms with van der Waals surface area (Å²) < 4.78 is 0. The minimum atomic E-state index is -1.55. The number of hydrogen-bond donors (Lipinski definition) is 5. The molecule has 1 unspecified atom stereocenters. The first-order valence-electron chi connectivity index (χ1n) is 7.10. The van der Waals surface area contributed by atoms with E-state index in [1.807, 2.05) is 0 Å². The largest absolute Gasteiger partial charge is 0.480 e. The Hall–Kier alpha value is -2.18. The number of thioether (sulfide) groups is 1. The molecule has 0 saturated carbocycles. The van der Waals surface area contributed by atoms with Gasteiger partial charge in [-0.25, -0.2) is 9.69 Å². The molecular weight excluding hydrogens is 358 g/mol. The van der Waals surface area contributed by atoms with E-state index in [4.69, 9.17) is 21.1 Å². The number of hydrogen-bond acceptors (Lipinski definition) is 8. The van der Waals surface area contributed by atoms with Gasteiger partial charge >= 0.3 is 12.1 Å². The highest BCUT2D eigenvalue weighted by Gasteiger charge is 2.29. The minimum Gasteiger partial charge on any atom is -0.480 e. The maximum atomic E-state index is 12.1. The van der Waals surface area contributed by atoms with Crippen molar-refractivity contribution in [1.82, 2.24) is 10.2 Å². The van der Waals surface area contributed by atoms with Gasteiger partial charge in [0.05, 0.1) is 0 Å². The van der Waals surface area contributed by atoms with Crippen molar-refractivity contribution < 1.29 is 39.3 Å². The Balaban J connectivity index is 4.90. The summed E-state index contributed by atoms with van der Waals surface area (Å²) >= 11 is 0.558. The second-order valence-corrected chi connectivity index (χ2v) is 6.11. The van der Waals surface area contributed by atoms with E-state index in [0.29, 0.717) is 16.7 Å². The number of likely N-dealkylation sites (N-methyl/N-ethyl adjacent to an activating group) is 1. The van der Waals surface area contributed by atoms with Gasteiger partial charge in [-0.05, 0) is 13.3 Å². The zero-order valence-corrected chi connectivity index (χ0v) is 14.5. The molecule has 0 fully saturated rings. The summed E-state index contributed by atoms with van der Waals surface area (Å²) in [6, 6.07) is -2.60. The van der Waals surface area contributed by atoms with Crippen molar-refractivity contribution in [3.8, 4) is 0 Å². The third-order valence-electron chi connectivity index (χ3n) is 2.98. The van der Waals surface area contributed by atoms with E-state index >= 15 is 0 Å². The van der Waals surface area contributed by atoms with E-state index in [0.717, 1.165) is 7.05 Å². The summed E-state index contributed by atoms with van der Waals surface area (Å²) in [7, 11) is 0.978. The van der Waals surface area contributed by atoms with Gasteiger partial charge in [0.25, 0.3) is 5.91 Å². The number of imide groups is 1. The molecule has 11 nitrogen and oxygen atoms in total. The first kappa shape index (κ1) is 22.8. The third kappa shape index (κ3) is 8.47. The first-order chi connectivity index (χ1) is 11.5. The van der Waals surface area contributed by atoms with Gasteiger partial charge in [-0.3, -0.25) is 19.2 Å². The van der Waals surface area contributed by atoms with Crippen LogP contribution in [-0.2, 0) is 19.2 Å². The number of nitrogens with zero attached hydrogens (tertiary/aromatic N) is 1. The number of carboxylic acids is 1. The van der Waals surface area contributed by atoms with Crippen molar-refractivity contribution in [1.29, 1.82) is 0 Å². The van der Waals surface area contributed by atoms with Crippen LogP contribution in [0.15, 0.2) is 0 Å². The third-order valence-corrected chi connectivity index (χ3v) is 4.11. The fraction of sp³-hybridized carbons (Fsp3) is 0.615. The first-order valence-corrected chi connectivity index (χ1v) is 8.08. The normalized spacial score (nSPS) is 14.1. The SMILES string of the molecule is CC(O)C(=O)SC[C@H](NC(=O)CC[C@H](N)C(=O)O)C(=O)N(C)C(=O)O. The fourth-order valence-electron chi connectivity index (χ4n) is 1.47. The second kappa shape index (κ2) is 10.6. The lowest BCUT2D eigenvalue weighted by molar-refractivity contribution is -0.139. The van der Waals surface area contributed by atoms with Crippen LogP contribution >= 0.6 is 11.8 Å². The van der Waals surface area contributed by atoms with Crippen LogP contribution < -0.4 is 11.1 Å². The standard InChI is InChI=1S/C13H21N3O8S/c1-6(17)12(22)25-5-8(10(19)16(2)13(23)24)15-9(18)4-3-7(14)11(20)21/h6-8,17H,3-5,14H2,1-2H3,(H,15,18)(H,20,21)(H,23,24)/t6?,7-,8-/m0/s1. The van der Waals surface area contributed by atoms with Crippen molar-refractivity contribution >= 4 is 40.8 Å². The Morgan fingerprint density at radius 3 is 2.20 bits per heavy atom. The van der Waals surface area contributed by atoms with Crippen LogP contribution in [0.5, 0.6) is 0 Å². The van der Waals surface area contributed by atoms with Gasteiger partial charge in [-0.2, -0.15) is 0 Å². The van der Waals surface area contributed by atoms with Crippen molar-refractivity contribution in [2.75, 3.05) is 12.8 Å². The smallest absolute Gasteiger partial charge is 0.413 e. The summed E-state index contributed by atoms with van der Waals surface area (Å²) in [5.41, 5.74) is 5.27. The summed E-state index contributed by atoms with van der Waals surface area (Å²) in [6.07, 6.45) is -3.33. The van der Waals surface area contributed by atoms with Gasteiger partial charge in [0.15, 0.2) is 0 Å². The van der Waals surface area contributed by atoms with Crippen molar-refractivity contribution in [2.24, 2.45) is 5.73 Å². The Labute approximate surface area is 147 Å². The molecule has 0 aliphatic carbocycles. The molecule has 0 rings (SSSR count). The molecule has 0 spiro atoms. The number of amides is 3. The van der Waals surface area contributed by atoms with Crippen LogP contribution in [0.3, 0.4) is 0 Å². The molecule has 3 atom stereocenters. The van der Waals surface area contributed by atoms with E-state index in [9.17, 15) is 24.0 Å². The average molecular weight is 379 g/mol. The molecule has 0 aromatic heterocycles. The van der Waals surface area contributed by atoms with Crippen LogP contribution in [0.2, 0.25) is 0 Å². The van der Waals surface area contributed by atoms with Crippen LogP contribution in [0, 0.1) is 0 Å². The molecule has 0 aliphatic rings. The zero-order valence-electron chi connectivity index (χ0n) is 13.7. The molecule has 0 aromatic rings. The number of nitrogens with two attached hydrogens (primary N) is 1. The van der Waals surface area contributed by atoms with E-state index in [1.54, 1.807) is 0 Å². The summed E-state index contributed by atoms with van der Waals surface area (Å²) in [5.74, 6) is -3.28. The van der Waals surface area contributed by atoms with E-state index in [1.165, 1.54) is 6.92 Å². The van der Waals surface area contributed by atoms with Gasteiger partial charge < -0.3 is 26.4 Å². The Morgan fingerprint density at radius 2 is 1.76 bits per heavy atom. The summed E-state index contributed by atoms with van der Waals surface area (Å²) in [5, 5.41) is 28.2. The van der Waals surface area contributed by atoms with Crippen LogP contribution in [0.4, 0.5) is 4.79 Å². The van der Waals surface area contributed by atoms with Crippen molar-refractivity contribution in [3.05, 3.63) is 0 Å². The minimum absolute atomic E-state index is 0.184. The molecule has 0 heterocycles. The lowest BCUT2D eigenvalue weighted by atomic mass is 10.1. The number of nitrogens with one attached hydrogen (secondary N) is 1. The van der Waals surface area contributed by atoms with Crippen LogP contribution in [0.1, 0.15) is 19.8 Å². The Bertz CT molecular complexity index is 539. The Morgan fingerprint density at radius 1 is 1.20 bits per heavy atom. The monoisotopic (exact) mass is 379 g/mol. The van der Waals surface area contributed by atoms with E-state index in [2.05, 4.69) is 5.32 Å². The maximum absolute atomic E-state index is 12.1. The molecule has 0 radical (unpaired) electrons. The number of rotatable bonds is 9. The molecule has 142 valence electrons. The van der Waals surface area contributed by atoms with Gasteiger partial charge in [-0.15, -0.1) is 0 Å². The molecule has 0 bridgehead atoms. The Kier molecular flexibility index (Phi) is 9.71. The number of aliphatic hydroxyl groups excluding tert-OH is 1. The molecular formula is C13H21N3O8S. The van der Waals surface area contributed by atoms with E-state index < -0.39 is 47.2 Å². The highest BCUT2D eigenvalue weighted by molar-refractivity contribution is 8.13. The summed E-state index contributed by atoms with van der Waals surface area (Å²) in [6.45, 7) is 1.22. The van der Waals surface area contributed by atoms with Gasteiger partial charge in [0.1, 0.15) is 18.2 Å². The predicted molar refractivity (Wildman–Crippen MR) is 86.7 cm³/mol. The quantitative estimate of drug-likeness (QED) is 0.313. The number of carboxylic acid groups (broad SMARTS) is 2. The number of carbonyl (C=O) groups excluding carboxylic acids is 3. The van der Waals surface area contributed by atoms with Crippen LogP contribution in [-0.4, -0.2) is 80.2 Å².